The number of rotatable bonds is 4. The fraction of sp³-hybridized carbons (Fsp3) is 0.500. The summed E-state index contributed by atoms with van der Waals surface area (Å²) in [4.78, 5) is 14.1. The molecule has 1 heterocycles. The number of amides is 1. The van der Waals surface area contributed by atoms with E-state index in [0.717, 1.165) is 25.2 Å². The van der Waals surface area contributed by atoms with Crippen LogP contribution >= 0.6 is 0 Å². The predicted molar refractivity (Wildman–Crippen MR) is 69.1 cm³/mol. The Balaban J connectivity index is 1.83. The Labute approximate surface area is 107 Å². The third kappa shape index (κ3) is 3.29. The number of hydrogen-bond donors (Lipinski definition) is 1. The molecule has 4 heteroatoms. The number of carbonyl (C=O) groups excluding carboxylic acids is 1. The van der Waals surface area contributed by atoms with Gasteiger partial charge in [-0.1, -0.05) is 6.07 Å². The van der Waals surface area contributed by atoms with Gasteiger partial charge in [0.25, 0.3) is 5.91 Å². The molecule has 1 aliphatic rings. The first-order valence-corrected chi connectivity index (χ1v) is 6.43. The molecule has 1 saturated heterocycles. The largest absolute Gasteiger partial charge is 0.351 e. The first kappa shape index (κ1) is 13.0. The quantitative estimate of drug-likeness (QED) is 0.886. The van der Waals surface area contributed by atoms with Crippen molar-refractivity contribution in [1.82, 2.24) is 10.2 Å². The van der Waals surface area contributed by atoms with Crippen molar-refractivity contribution in [2.45, 2.75) is 19.8 Å². The van der Waals surface area contributed by atoms with Crippen molar-refractivity contribution in [3.63, 3.8) is 0 Å². The van der Waals surface area contributed by atoms with Gasteiger partial charge < -0.3 is 10.2 Å². The van der Waals surface area contributed by atoms with Gasteiger partial charge in [-0.25, -0.2) is 4.39 Å². The molecule has 1 aromatic rings. The normalized spacial score (nSPS) is 15.9. The zero-order valence-electron chi connectivity index (χ0n) is 10.7. The maximum absolute atomic E-state index is 13.6. The summed E-state index contributed by atoms with van der Waals surface area (Å²) >= 11 is 0. The Morgan fingerprint density at radius 3 is 2.78 bits per heavy atom. The summed E-state index contributed by atoms with van der Waals surface area (Å²) in [5.74, 6) is -0.777. The van der Waals surface area contributed by atoms with E-state index in [1.807, 2.05) is 0 Å². The summed E-state index contributed by atoms with van der Waals surface area (Å²) in [5, 5.41) is 2.77. The number of aryl methyl sites for hydroxylation is 1. The maximum atomic E-state index is 13.6. The molecule has 18 heavy (non-hydrogen) atoms. The van der Waals surface area contributed by atoms with Crippen LogP contribution in [0.15, 0.2) is 18.2 Å². The lowest BCUT2D eigenvalue weighted by atomic mass is 10.1. The van der Waals surface area contributed by atoms with Crippen LogP contribution in [-0.2, 0) is 0 Å². The fourth-order valence-electron chi connectivity index (χ4n) is 2.23. The summed E-state index contributed by atoms with van der Waals surface area (Å²) in [6.07, 6.45) is 2.47. The van der Waals surface area contributed by atoms with E-state index in [-0.39, 0.29) is 11.5 Å². The Kier molecular flexibility index (Phi) is 4.31. The van der Waals surface area contributed by atoms with Crippen molar-refractivity contribution in [1.29, 1.82) is 0 Å². The lowest BCUT2D eigenvalue weighted by Gasteiger charge is -2.14. The highest BCUT2D eigenvalue weighted by molar-refractivity contribution is 5.94. The van der Waals surface area contributed by atoms with Crippen molar-refractivity contribution >= 4 is 5.91 Å². The maximum Gasteiger partial charge on any atom is 0.254 e. The van der Waals surface area contributed by atoms with Crippen LogP contribution in [0.1, 0.15) is 28.8 Å². The molecule has 2 rings (SSSR count). The van der Waals surface area contributed by atoms with Crippen molar-refractivity contribution in [3.05, 3.63) is 35.1 Å². The lowest BCUT2D eigenvalue weighted by molar-refractivity contribution is 0.0945. The minimum atomic E-state index is -0.450. The van der Waals surface area contributed by atoms with Gasteiger partial charge in [-0.3, -0.25) is 4.79 Å². The summed E-state index contributed by atoms with van der Waals surface area (Å²) in [7, 11) is 0. The summed E-state index contributed by atoms with van der Waals surface area (Å²) in [6.45, 7) is 5.44. The Morgan fingerprint density at radius 2 is 2.11 bits per heavy atom. The molecule has 1 amide bonds. The Bertz CT molecular complexity index is 428. The third-order valence-electron chi connectivity index (χ3n) is 3.28. The first-order valence-electron chi connectivity index (χ1n) is 6.43. The van der Waals surface area contributed by atoms with E-state index in [9.17, 15) is 9.18 Å². The van der Waals surface area contributed by atoms with Crippen molar-refractivity contribution in [2.24, 2.45) is 0 Å². The number of nitrogens with zero attached hydrogens (tertiary/aromatic N) is 1. The van der Waals surface area contributed by atoms with Crippen molar-refractivity contribution in [3.8, 4) is 0 Å². The SMILES string of the molecule is Cc1ccc(C(=O)NCCN2CCCC2)c(F)c1. The van der Waals surface area contributed by atoms with Gasteiger partial charge in [0, 0.05) is 13.1 Å². The Morgan fingerprint density at radius 1 is 1.39 bits per heavy atom. The Hall–Kier alpha value is -1.42. The van der Waals surface area contributed by atoms with Gasteiger partial charge in [0.2, 0.25) is 0 Å². The van der Waals surface area contributed by atoms with Crippen LogP contribution in [-0.4, -0.2) is 37.0 Å². The highest BCUT2D eigenvalue weighted by Gasteiger charge is 2.13. The molecule has 0 unspecified atom stereocenters. The highest BCUT2D eigenvalue weighted by atomic mass is 19.1. The summed E-state index contributed by atoms with van der Waals surface area (Å²) in [6, 6.07) is 4.67. The average Bonchev–Trinajstić information content (AvgIpc) is 2.81. The van der Waals surface area contributed by atoms with Gasteiger partial charge in [-0.2, -0.15) is 0 Å². The molecule has 0 radical (unpaired) electrons. The van der Waals surface area contributed by atoms with Gasteiger partial charge in [0.1, 0.15) is 5.82 Å². The molecule has 1 aliphatic heterocycles. The fourth-order valence-corrected chi connectivity index (χ4v) is 2.23. The van der Waals surface area contributed by atoms with Crippen LogP contribution < -0.4 is 5.32 Å². The van der Waals surface area contributed by atoms with E-state index >= 15 is 0 Å². The number of carbonyl (C=O) groups is 1. The average molecular weight is 250 g/mol. The topological polar surface area (TPSA) is 32.3 Å². The van der Waals surface area contributed by atoms with E-state index in [4.69, 9.17) is 0 Å². The van der Waals surface area contributed by atoms with Crippen LogP contribution in [0.3, 0.4) is 0 Å². The second-order valence-electron chi connectivity index (χ2n) is 4.79. The van der Waals surface area contributed by atoms with Crippen molar-refractivity contribution < 1.29 is 9.18 Å². The number of likely N-dealkylation sites (tertiary alicyclic amines) is 1. The monoisotopic (exact) mass is 250 g/mol. The minimum absolute atomic E-state index is 0.127. The molecule has 0 aliphatic carbocycles. The molecule has 3 nitrogen and oxygen atoms in total. The van der Waals surface area contributed by atoms with Gasteiger partial charge in [-0.15, -0.1) is 0 Å². The van der Waals surface area contributed by atoms with Gasteiger partial charge in [0.05, 0.1) is 5.56 Å². The standard InChI is InChI=1S/C14H19FN2O/c1-11-4-5-12(13(15)10-11)14(18)16-6-9-17-7-2-3-8-17/h4-5,10H,2-3,6-9H2,1H3,(H,16,18). The highest BCUT2D eigenvalue weighted by Crippen LogP contribution is 2.10. The zero-order chi connectivity index (χ0) is 13.0. The molecule has 1 aromatic carbocycles. The summed E-state index contributed by atoms with van der Waals surface area (Å²) in [5.41, 5.74) is 0.947. The predicted octanol–water partition coefficient (Wildman–Crippen LogP) is 1.96. The lowest BCUT2D eigenvalue weighted by Crippen LogP contribution is -2.33. The second kappa shape index (κ2) is 5.96. The molecule has 0 aromatic heterocycles. The molecule has 1 fully saturated rings. The van der Waals surface area contributed by atoms with Crippen LogP contribution in [0.25, 0.3) is 0 Å². The number of benzene rings is 1. The van der Waals surface area contributed by atoms with Gasteiger partial charge in [0.15, 0.2) is 0 Å². The molecule has 0 saturated carbocycles. The molecule has 98 valence electrons. The van der Waals surface area contributed by atoms with Crippen LogP contribution in [0.5, 0.6) is 0 Å². The molecular weight excluding hydrogens is 231 g/mol. The van der Waals surface area contributed by atoms with E-state index in [2.05, 4.69) is 10.2 Å². The van der Waals surface area contributed by atoms with Crippen LogP contribution in [0.4, 0.5) is 4.39 Å². The van der Waals surface area contributed by atoms with E-state index in [1.54, 1.807) is 13.0 Å². The zero-order valence-corrected chi connectivity index (χ0v) is 10.7. The van der Waals surface area contributed by atoms with E-state index in [1.165, 1.54) is 25.0 Å². The molecule has 0 spiro atoms. The van der Waals surface area contributed by atoms with Crippen molar-refractivity contribution in [2.75, 3.05) is 26.2 Å². The van der Waals surface area contributed by atoms with Crippen LogP contribution in [0.2, 0.25) is 0 Å². The van der Waals surface area contributed by atoms with Crippen LogP contribution in [0, 0.1) is 12.7 Å². The van der Waals surface area contributed by atoms with Gasteiger partial charge in [-0.05, 0) is 50.6 Å². The molecule has 0 bridgehead atoms. The molecular formula is C14H19FN2O. The van der Waals surface area contributed by atoms with Gasteiger partial charge >= 0.3 is 0 Å². The smallest absolute Gasteiger partial charge is 0.254 e. The third-order valence-corrected chi connectivity index (χ3v) is 3.28. The van der Waals surface area contributed by atoms with E-state index < -0.39 is 5.82 Å². The first-order chi connectivity index (χ1) is 8.66. The van der Waals surface area contributed by atoms with E-state index in [0.29, 0.717) is 6.54 Å². The molecule has 1 N–H and O–H groups in total. The number of nitrogens with one attached hydrogen (secondary N) is 1. The molecule has 0 atom stereocenters. The number of halogens is 1. The number of hydrogen-bond acceptors (Lipinski definition) is 2. The minimum Gasteiger partial charge on any atom is -0.351 e. The summed E-state index contributed by atoms with van der Waals surface area (Å²) < 4.78 is 13.6. The second-order valence-corrected chi connectivity index (χ2v) is 4.79.